The maximum Gasteiger partial charge on any atom is 0.331 e. The Hall–Kier alpha value is -1.32. The smallest absolute Gasteiger partial charge is 0.298 e. The first-order chi connectivity index (χ1) is 7.40. The third-order valence-corrected chi connectivity index (χ3v) is 2.67. The quantitative estimate of drug-likeness (QED) is 0.785. The van der Waals surface area contributed by atoms with E-state index in [9.17, 15) is 9.59 Å². The van der Waals surface area contributed by atoms with Crippen LogP contribution >= 0.6 is 0 Å². The van der Waals surface area contributed by atoms with E-state index in [1.807, 2.05) is 34.6 Å². The summed E-state index contributed by atoms with van der Waals surface area (Å²) in [5.41, 5.74) is 0.327. The maximum absolute atomic E-state index is 12.1. The monoisotopic (exact) mass is 224 g/mol. The molecule has 4 nitrogen and oxygen atoms in total. The van der Waals surface area contributed by atoms with Crippen LogP contribution in [0.5, 0.6) is 0 Å². The highest BCUT2D eigenvalue weighted by Crippen LogP contribution is 2.03. The van der Waals surface area contributed by atoms with Crippen molar-refractivity contribution in [1.29, 1.82) is 0 Å². The van der Waals surface area contributed by atoms with E-state index in [0.29, 0.717) is 12.0 Å². The summed E-state index contributed by atoms with van der Waals surface area (Å²) in [6.45, 7) is 9.52. The summed E-state index contributed by atoms with van der Waals surface area (Å²) in [5, 5.41) is 0. The molecule has 1 heterocycles. The molecule has 1 aromatic rings. The summed E-state index contributed by atoms with van der Waals surface area (Å²) in [5.74, 6) is 0. The van der Waals surface area contributed by atoms with Crippen molar-refractivity contribution in [3.63, 3.8) is 0 Å². The van der Waals surface area contributed by atoms with Gasteiger partial charge in [-0.15, -0.1) is 0 Å². The van der Waals surface area contributed by atoms with Crippen LogP contribution in [0.3, 0.4) is 0 Å². The van der Waals surface area contributed by atoms with E-state index in [2.05, 4.69) is 0 Å². The number of rotatable bonds is 3. The van der Waals surface area contributed by atoms with E-state index < -0.39 is 0 Å². The van der Waals surface area contributed by atoms with Crippen LogP contribution < -0.4 is 11.2 Å². The molecule has 0 saturated heterocycles. The summed E-state index contributed by atoms with van der Waals surface area (Å²) in [4.78, 5) is 24.1. The Kier molecular flexibility index (Phi) is 3.73. The summed E-state index contributed by atoms with van der Waals surface area (Å²) in [6, 6.07) is -0.0279. The van der Waals surface area contributed by atoms with Gasteiger partial charge in [-0.25, -0.2) is 4.79 Å². The molecule has 0 amide bonds. The van der Waals surface area contributed by atoms with Crippen LogP contribution in [-0.2, 0) is 6.42 Å². The molecule has 0 aliphatic rings. The molecule has 0 spiro atoms. The molecule has 0 fully saturated rings. The summed E-state index contributed by atoms with van der Waals surface area (Å²) in [7, 11) is 0. The van der Waals surface area contributed by atoms with Gasteiger partial charge < -0.3 is 0 Å². The van der Waals surface area contributed by atoms with Crippen molar-refractivity contribution >= 4 is 0 Å². The van der Waals surface area contributed by atoms with Crippen LogP contribution in [0.2, 0.25) is 0 Å². The third-order valence-electron chi connectivity index (χ3n) is 2.67. The average molecular weight is 224 g/mol. The molecule has 0 radical (unpaired) electrons. The van der Waals surface area contributed by atoms with E-state index in [0.717, 1.165) is 0 Å². The maximum atomic E-state index is 12.1. The predicted molar refractivity (Wildman–Crippen MR) is 65.1 cm³/mol. The first-order valence-corrected chi connectivity index (χ1v) is 5.76. The molecule has 0 N–H and O–H groups in total. The van der Waals surface area contributed by atoms with Gasteiger partial charge in [0.1, 0.15) is 0 Å². The standard InChI is InChI=1S/C12H20N2O2/c1-6-10-7-13(8(2)3)12(16)14(9(4)5)11(10)15/h7-9H,6H2,1-5H3. The van der Waals surface area contributed by atoms with Crippen molar-refractivity contribution < 1.29 is 0 Å². The van der Waals surface area contributed by atoms with Crippen LogP contribution in [0.4, 0.5) is 0 Å². The van der Waals surface area contributed by atoms with Crippen LogP contribution in [0.15, 0.2) is 15.8 Å². The van der Waals surface area contributed by atoms with Crippen molar-refractivity contribution in [2.75, 3.05) is 0 Å². The number of aryl methyl sites for hydroxylation is 1. The Morgan fingerprint density at radius 3 is 2.06 bits per heavy atom. The van der Waals surface area contributed by atoms with Gasteiger partial charge >= 0.3 is 5.69 Å². The van der Waals surface area contributed by atoms with Crippen molar-refractivity contribution in [2.45, 2.75) is 53.1 Å². The van der Waals surface area contributed by atoms with Crippen LogP contribution in [0, 0.1) is 0 Å². The number of nitrogens with zero attached hydrogens (tertiary/aromatic N) is 2. The molecule has 4 heteroatoms. The Morgan fingerprint density at radius 1 is 1.12 bits per heavy atom. The second-order valence-electron chi connectivity index (χ2n) is 4.56. The average Bonchev–Trinajstić information content (AvgIpc) is 2.16. The molecule has 0 atom stereocenters. The summed E-state index contributed by atoms with van der Waals surface area (Å²) in [6.07, 6.45) is 2.34. The second kappa shape index (κ2) is 4.68. The SMILES string of the molecule is CCc1cn(C(C)C)c(=O)n(C(C)C)c1=O. The van der Waals surface area contributed by atoms with E-state index in [1.54, 1.807) is 10.8 Å². The largest absolute Gasteiger partial charge is 0.331 e. The van der Waals surface area contributed by atoms with Crippen molar-refractivity contribution in [2.24, 2.45) is 0 Å². The van der Waals surface area contributed by atoms with Gasteiger partial charge in [0.05, 0.1) is 0 Å². The van der Waals surface area contributed by atoms with Crippen molar-refractivity contribution in [3.8, 4) is 0 Å². The number of hydrogen-bond acceptors (Lipinski definition) is 2. The number of aromatic nitrogens is 2. The lowest BCUT2D eigenvalue weighted by Crippen LogP contribution is -2.42. The fourth-order valence-corrected chi connectivity index (χ4v) is 1.71. The molecule has 0 aliphatic heterocycles. The predicted octanol–water partition coefficient (Wildman–Crippen LogP) is 1.73. The zero-order valence-corrected chi connectivity index (χ0v) is 10.7. The first kappa shape index (κ1) is 12.7. The minimum Gasteiger partial charge on any atom is -0.298 e. The highest BCUT2D eigenvalue weighted by molar-refractivity contribution is 5.06. The van der Waals surface area contributed by atoms with Gasteiger partial charge in [-0.05, 0) is 34.1 Å². The molecular weight excluding hydrogens is 204 g/mol. The molecule has 0 bridgehead atoms. The molecule has 90 valence electrons. The highest BCUT2D eigenvalue weighted by Gasteiger charge is 2.13. The zero-order valence-electron chi connectivity index (χ0n) is 10.7. The number of hydrogen-bond donors (Lipinski definition) is 0. The highest BCUT2D eigenvalue weighted by atomic mass is 16.2. The molecule has 1 rings (SSSR count). The van der Waals surface area contributed by atoms with Gasteiger partial charge in [-0.3, -0.25) is 13.9 Å². The lowest BCUT2D eigenvalue weighted by Gasteiger charge is -2.16. The second-order valence-corrected chi connectivity index (χ2v) is 4.56. The topological polar surface area (TPSA) is 44.0 Å². The van der Waals surface area contributed by atoms with Gasteiger partial charge in [0, 0.05) is 23.8 Å². The van der Waals surface area contributed by atoms with E-state index in [1.165, 1.54) is 4.57 Å². The van der Waals surface area contributed by atoms with Gasteiger partial charge in [0.15, 0.2) is 0 Å². The third kappa shape index (κ3) is 2.10. The van der Waals surface area contributed by atoms with E-state index in [4.69, 9.17) is 0 Å². The van der Waals surface area contributed by atoms with Gasteiger partial charge in [-0.2, -0.15) is 0 Å². The van der Waals surface area contributed by atoms with Gasteiger partial charge in [-0.1, -0.05) is 6.92 Å². The first-order valence-electron chi connectivity index (χ1n) is 5.76. The Bertz CT molecular complexity index is 481. The van der Waals surface area contributed by atoms with Gasteiger partial charge in [0.25, 0.3) is 5.56 Å². The minimum absolute atomic E-state index is 0.0726. The molecule has 0 unspecified atom stereocenters. The van der Waals surface area contributed by atoms with Gasteiger partial charge in [0.2, 0.25) is 0 Å². The lowest BCUT2D eigenvalue weighted by molar-refractivity contribution is 0.467. The summed E-state index contributed by atoms with van der Waals surface area (Å²) >= 11 is 0. The van der Waals surface area contributed by atoms with Crippen LogP contribution in [-0.4, -0.2) is 9.13 Å². The van der Waals surface area contributed by atoms with E-state index >= 15 is 0 Å². The Labute approximate surface area is 95.5 Å². The summed E-state index contributed by atoms with van der Waals surface area (Å²) < 4.78 is 2.96. The normalized spacial score (nSPS) is 11.4. The Balaban J connectivity index is 3.66. The van der Waals surface area contributed by atoms with Crippen LogP contribution in [0.25, 0.3) is 0 Å². The fourth-order valence-electron chi connectivity index (χ4n) is 1.71. The minimum atomic E-state index is -0.216. The molecule has 0 saturated carbocycles. The molecule has 0 aromatic carbocycles. The zero-order chi connectivity index (χ0) is 12.5. The molecule has 1 aromatic heterocycles. The molecule has 16 heavy (non-hydrogen) atoms. The van der Waals surface area contributed by atoms with Crippen LogP contribution in [0.1, 0.15) is 52.3 Å². The van der Waals surface area contributed by atoms with E-state index in [-0.39, 0.29) is 23.3 Å². The van der Waals surface area contributed by atoms with Crippen molar-refractivity contribution in [1.82, 2.24) is 9.13 Å². The molecular formula is C12H20N2O2. The van der Waals surface area contributed by atoms with Crippen molar-refractivity contribution in [3.05, 3.63) is 32.6 Å². The lowest BCUT2D eigenvalue weighted by atomic mass is 10.2. The molecule has 0 aliphatic carbocycles. The fraction of sp³-hybridized carbons (Fsp3) is 0.667. The Morgan fingerprint density at radius 2 is 1.69 bits per heavy atom.